The molecule has 2 unspecified atom stereocenters. The first-order valence-electron chi connectivity index (χ1n) is 5.39. The Bertz CT molecular complexity index is 179. The van der Waals surface area contributed by atoms with Gasteiger partial charge in [0.25, 0.3) is 0 Å². The summed E-state index contributed by atoms with van der Waals surface area (Å²) in [6.07, 6.45) is 3.63. The van der Waals surface area contributed by atoms with Crippen molar-refractivity contribution in [3.8, 4) is 0 Å². The molecule has 14 heavy (non-hydrogen) atoms. The minimum Gasteiger partial charge on any atom is -0.368 e. The Kier molecular flexibility index (Phi) is 4.90. The molecule has 0 saturated carbocycles. The van der Waals surface area contributed by atoms with Gasteiger partial charge < -0.3 is 15.8 Å². The van der Waals surface area contributed by atoms with Crippen molar-refractivity contribution in [3.05, 3.63) is 0 Å². The Morgan fingerprint density at radius 3 is 3.00 bits per heavy atom. The molecule has 2 atom stereocenters. The van der Waals surface area contributed by atoms with E-state index in [0.717, 1.165) is 25.7 Å². The molecular weight excluding hydrogens is 180 g/mol. The lowest BCUT2D eigenvalue weighted by atomic mass is 10.1. The number of hydrogen-bond acceptors (Lipinski definition) is 3. The predicted molar refractivity (Wildman–Crippen MR) is 54.9 cm³/mol. The largest absolute Gasteiger partial charge is 0.368 e. The van der Waals surface area contributed by atoms with Gasteiger partial charge in [-0.2, -0.15) is 0 Å². The third-order valence-corrected chi connectivity index (χ3v) is 2.53. The smallest absolute Gasteiger partial charge is 0.249 e. The van der Waals surface area contributed by atoms with Crippen LogP contribution in [0.5, 0.6) is 0 Å². The van der Waals surface area contributed by atoms with Gasteiger partial charge in [-0.15, -0.1) is 0 Å². The van der Waals surface area contributed by atoms with E-state index in [0.29, 0.717) is 13.2 Å². The fourth-order valence-electron chi connectivity index (χ4n) is 1.44. The van der Waals surface area contributed by atoms with Crippen molar-refractivity contribution in [1.82, 2.24) is 5.32 Å². The number of nitrogens with one attached hydrogen (secondary N) is 1. The number of carbonyl (C=O) groups is 1. The van der Waals surface area contributed by atoms with Crippen molar-refractivity contribution in [2.45, 2.75) is 44.8 Å². The Hall–Kier alpha value is -0.610. The standard InChI is InChI=1S/C10H20N2O2/c1-2-8(11)7-12-10(13)9-5-3-4-6-14-9/h8-9H,2-7,11H2,1H3,(H,12,13). The van der Waals surface area contributed by atoms with E-state index in [-0.39, 0.29) is 18.1 Å². The zero-order chi connectivity index (χ0) is 10.4. The summed E-state index contributed by atoms with van der Waals surface area (Å²) in [5, 5.41) is 2.81. The van der Waals surface area contributed by atoms with Crippen LogP contribution >= 0.6 is 0 Å². The normalized spacial score (nSPS) is 24.3. The molecule has 1 aliphatic rings. The molecule has 0 spiro atoms. The second-order valence-corrected chi connectivity index (χ2v) is 3.77. The molecule has 1 saturated heterocycles. The number of carbonyl (C=O) groups excluding carboxylic acids is 1. The maximum Gasteiger partial charge on any atom is 0.249 e. The zero-order valence-electron chi connectivity index (χ0n) is 8.79. The van der Waals surface area contributed by atoms with Gasteiger partial charge >= 0.3 is 0 Å². The van der Waals surface area contributed by atoms with E-state index in [1.165, 1.54) is 0 Å². The Morgan fingerprint density at radius 2 is 2.43 bits per heavy atom. The van der Waals surface area contributed by atoms with Crippen LogP contribution in [0.4, 0.5) is 0 Å². The predicted octanol–water partition coefficient (Wildman–Crippen LogP) is 0.409. The van der Waals surface area contributed by atoms with Crippen molar-refractivity contribution in [3.63, 3.8) is 0 Å². The lowest BCUT2D eigenvalue weighted by Crippen LogP contribution is -2.43. The first-order valence-corrected chi connectivity index (χ1v) is 5.39. The average Bonchev–Trinajstić information content (AvgIpc) is 2.26. The quantitative estimate of drug-likeness (QED) is 0.691. The van der Waals surface area contributed by atoms with Gasteiger partial charge in [0.15, 0.2) is 0 Å². The van der Waals surface area contributed by atoms with Crippen molar-refractivity contribution >= 4 is 5.91 Å². The number of amides is 1. The van der Waals surface area contributed by atoms with Crippen LogP contribution in [-0.4, -0.2) is 31.2 Å². The summed E-state index contributed by atoms with van der Waals surface area (Å²) in [4.78, 5) is 11.5. The minimum atomic E-state index is -0.243. The summed E-state index contributed by atoms with van der Waals surface area (Å²) >= 11 is 0. The topological polar surface area (TPSA) is 64.3 Å². The molecule has 4 heteroatoms. The molecule has 1 heterocycles. The maximum absolute atomic E-state index is 11.5. The highest BCUT2D eigenvalue weighted by atomic mass is 16.5. The van der Waals surface area contributed by atoms with Crippen LogP contribution in [0, 0.1) is 0 Å². The highest BCUT2D eigenvalue weighted by Crippen LogP contribution is 2.12. The highest BCUT2D eigenvalue weighted by Gasteiger charge is 2.21. The van der Waals surface area contributed by atoms with Crippen LogP contribution in [0.2, 0.25) is 0 Å². The van der Waals surface area contributed by atoms with Crippen molar-refractivity contribution in [1.29, 1.82) is 0 Å². The molecule has 0 aromatic carbocycles. The third kappa shape index (κ3) is 3.64. The Labute approximate surface area is 85.2 Å². The molecule has 0 radical (unpaired) electrons. The van der Waals surface area contributed by atoms with E-state index in [1.54, 1.807) is 0 Å². The van der Waals surface area contributed by atoms with Crippen LogP contribution < -0.4 is 11.1 Å². The molecule has 0 aromatic rings. The molecule has 4 nitrogen and oxygen atoms in total. The summed E-state index contributed by atoms with van der Waals surface area (Å²) in [5.41, 5.74) is 5.70. The minimum absolute atomic E-state index is 0.00593. The van der Waals surface area contributed by atoms with Crippen LogP contribution in [0.1, 0.15) is 32.6 Å². The molecule has 0 aliphatic carbocycles. The van der Waals surface area contributed by atoms with Gasteiger partial charge in [0.05, 0.1) is 0 Å². The average molecular weight is 200 g/mol. The summed E-state index contributed by atoms with van der Waals surface area (Å²) < 4.78 is 5.35. The van der Waals surface area contributed by atoms with Crippen LogP contribution in [0.25, 0.3) is 0 Å². The summed E-state index contributed by atoms with van der Waals surface area (Å²) in [6, 6.07) is 0.0579. The number of ether oxygens (including phenoxy) is 1. The molecule has 82 valence electrons. The lowest BCUT2D eigenvalue weighted by molar-refractivity contribution is -0.135. The number of rotatable bonds is 4. The molecule has 0 bridgehead atoms. The lowest BCUT2D eigenvalue weighted by Gasteiger charge is -2.22. The van der Waals surface area contributed by atoms with Crippen LogP contribution in [-0.2, 0) is 9.53 Å². The fourth-order valence-corrected chi connectivity index (χ4v) is 1.44. The Balaban J connectivity index is 2.19. The molecule has 1 rings (SSSR count). The first kappa shape index (κ1) is 11.5. The maximum atomic E-state index is 11.5. The van der Waals surface area contributed by atoms with Crippen molar-refractivity contribution < 1.29 is 9.53 Å². The summed E-state index contributed by atoms with van der Waals surface area (Å²) in [7, 11) is 0. The number of nitrogens with two attached hydrogens (primary N) is 1. The van der Waals surface area contributed by atoms with Crippen molar-refractivity contribution in [2.75, 3.05) is 13.2 Å². The summed E-state index contributed by atoms with van der Waals surface area (Å²) in [5.74, 6) is -0.00593. The second-order valence-electron chi connectivity index (χ2n) is 3.77. The van der Waals surface area contributed by atoms with E-state index in [1.807, 2.05) is 6.92 Å². The van der Waals surface area contributed by atoms with E-state index in [4.69, 9.17) is 10.5 Å². The van der Waals surface area contributed by atoms with Gasteiger partial charge in [0, 0.05) is 19.2 Å². The summed E-state index contributed by atoms with van der Waals surface area (Å²) in [6.45, 7) is 3.26. The SMILES string of the molecule is CCC(N)CNC(=O)C1CCCCO1. The van der Waals surface area contributed by atoms with E-state index < -0.39 is 0 Å². The molecule has 1 aliphatic heterocycles. The van der Waals surface area contributed by atoms with E-state index >= 15 is 0 Å². The highest BCUT2D eigenvalue weighted by molar-refractivity contribution is 5.80. The van der Waals surface area contributed by atoms with Crippen molar-refractivity contribution in [2.24, 2.45) is 5.73 Å². The molecule has 3 N–H and O–H groups in total. The van der Waals surface area contributed by atoms with E-state index in [2.05, 4.69) is 5.32 Å². The van der Waals surface area contributed by atoms with Gasteiger partial charge in [-0.1, -0.05) is 6.92 Å². The fraction of sp³-hybridized carbons (Fsp3) is 0.900. The molecule has 1 fully saturated rings. The first-order chi connectivity index (χ1) is 6.74. The van der Waals surface area contributed by atoms with Crippen LogP contribution in [0.15, 0.2) is 0 Å². The Morgan fingerprint density at radius 1 is 1.64 bits per heavy atom. The molecule has 1 amide bonds. The van der Waals surface area contributed by atoms with Gasteiger partial charge in [-0.3, -0.25) is 4.79 Å². The van der Waals surface area contributed by atoms with Gasteiger partial charge in [-0.05, 0) is 25.7 Å². The van der Waals surface area contributed by atoms with Gasteiger partial charge in [0.2, 0.25) is 5.91 Å². The molecule has 0 aromatic heterocycles. The second kappa shape index (κ2) is 5.98. The van der Waals surface area contributed by atoms with E-state index in [9.17, 15) is 4.79 Å². The van der Waals surface area contributed by atoms with Gasteiger partial charge in [-0.25, -0.2) is 0 Å². The monoisotopic (exact) mass is 200 g/mol. The number of hydrogen-bond donors (Lipinski definition) is 2. The third-order valence-electron chi connectivity index (χ3n) is 2.53. The molecular formula is C10H20N2O2. The van der Waals surface area contributed by atoms with Crippen LogP contribution in [0.3, 0.4) is 0 Å². The zero-order valence-corrected chi connectivity index (χ0v) is 8.79. The van der Waals surface area contributed by atoms with Gasteiger partial charge in [0.1, 0.15) is 6.10 Å².